The molecule has 1 aromatic rings. The minimum Gasteiger partial charge on any atom is -0.339 e. The molecule has 2 aliphatic heterocycles. The topological polar surface area (TPSA) is 26.8 Å². The Balaban J connectivity index is 1.72. The number of amides is 1. The van der Waals surface area contributed by atoms with E-state index in [1.54, 1.807) is 12.1 Å². The number of halogens is 3. The summed E-state index contributed by atoms with van der Waals surface area (Å²) in [5.74, 6) is 0.153. The molecule has 0 N–H and O–H groups in total. The van der Waals surface area contributed by atoms with E-state index in [2.05, 4.69) is 23.4 Å². The van der Waals surface area contributed by atoms with Crippen molar-refractivity contribution in [1.82, 2.24) is 14.7 Å². The largest absolute Gasteiger partial charge is 0.416 e. The SMILES string of the molecule is C=CCN1CC[C@@]2(CCC1=O)CN(Cc1cccc(C(F)(F)F)c1)CCN2C. The van der Waals surface area contributed by atoms with Gasteiger partial charge < -0.3 is 4.90 Å². The third kappa shape index (κ3) is 4.58. The second-order valence-electron chi connectivity index (χ2n) is 7.93. The van der Waals surface area contributed by atoms with Crippen LogP contribution in [-0.4, -0.2) is 65.9 Å². The molecule has 7 heteroatoms. The number of alkyl halides is 3. The van der Waals surface area contributed by atoms with E-state index in [-0.39, 0.29) is 11.4 Å². The van der Waals surface area contributed by atoms with Crippen LogP contribution in [0.25, 0.3) is 0 Å². The van der Waals surface area contributed by atoms with Gasteiger partial charge in [-0.05, 0) is 31.5 Å². The molecule has 1 amide bonds. The predicted octanol–water partition coefficient (Wildman–Crippen LogP) is 3.39. The van der Waals surface area contributed by atoms with Gasteiger partial charge in [0, 0.05) is 51.2 Å². The lowest BCUT2D eigenvalue weighted by Crippen LogP contribution is -2.60. The van der Waals surface area contributed by atoms with Gasteiger partial charge in [-0.1, -0.05) is 24.3 Å². The number of likely N-dealkylation sites (tertiary alicyclic amines) is 1. The van der Waals surface area contributed by atoms with E-state index >= 15 is 0 Å². The summed E-state index contributed by atoms with van der Waals surface area (Å²) < 4.78 is 39.0. The Hall–Kier alpha value is -1.86. The van der Waals surface area contributed by atoms with Gasteiger partial charge in [-0.3, -0.25) is 14.6 Å². The van der Waals surface area contributed by atoms with E-state index in [9.17, 15) is 18.0 Å². The zero-order valence-corrected chi connectivity index (χ0v) is 16.3. The average molecular weight is 395 g/mol. The minimum atomic E-state index is -4.32. The Morgan fingerprint density at radius 1 is 1.21 bits per heavy atom. The Morgan fingerprint density at radius 2 is 2.00 bits per heavy atom. The highest BCUT2D eigenvalue weighted by molar-refractivity contribution is 5.76. The van der Waals surface area contributed by atoms with Crippen LogP contribution in [0.15, 0.2) is 36.9 Å². The number of carbonyl (C=O) groups is 1. The van der Waals surface area contributed by atoms with Crippen molar-refractivity contribution in [3.63, 3.8) is 0 Å². The van der Waals surface area contributed by atoms with Gasteiger partial charge in [0.15, 0.2) is 0 Å². The predicted molar refractivity (Wildman–Crippen MR) is 103 cm³/mol. The second-order valence-corrected chi connectivity index (χ2v) is 7.93. The van der Waals surface area contributed by atoms with Gasteiger partial charge in [-0.2, -0.15) is 13.2 Å². The monoisotopic (exact) mass is 395 g/mol. The number of benzene rings is 1. The number of hydrogen-bond acceptors (Lipinski definition) is 3. The van der Waals surface area contributed by atoms with Crippen LogP contribution in [0.4, 0.5) is 13.2 Å². The van der Waals surface area contributed by atoms with Crippen LogP contribution in [0.2, 0.25) is 0 Å². The van der Waals surface area contributed by atoms with Gasteiger partial charge in [-0.25, -0.2) is 0 Å². The van der Waals surface area contributed by atoms with Gasteiger partial charge in [0.25, 0.3) is 0 Å². The number of likely N-dealkylation sites (N-methyl/N-ethyl adjacent to an activating group) is 1. The summed E-state index contributed by atoms with van der Waals surface area (Å²) in [5, 5.41) is 0. The van der Waals surface area contributed by atoms with E-state index in [0.717, 1.165) is 38.5 Å². The maximum atomic E-state index is 13.0. The maximum Gasteiger partial charge on any atom is 0.416 e. The van der Waals surface area contributed by atoms with Crippen LogP contribution < -0.4 is 0 Å². The number of carbonyl (C=O) groups excluding carboxylic acids is 1. The highest BCUT2D eigenvalue weighted by atomic mass is 19.4. The van der Waals surface area contributed by atoms with Crippen LogP contribution in [0.5, 0.6) is 0 Å². The first-order valence-corrected chi connectivity index (χ1v) is 9.72. The molecule has 2 saturated heterocycles. The highest BCUT2D eigenvalue weighted by Crippen LogP contribution is 2.33. The van der Waals surface area contributed by atoms with Gasteiger partial charge in [0.2, 0.25) is 5.91 Å². The van der Waals surface area contributed by atoms with Crippen molar-refractivity contribution in [3.05, 3.63) is 48.0 Å². The third-order valence-corrected chi connectivity index (χ3v) is 6.09. The second kappa shape index (κ2) is 8.25. The standard InChI is InChI=1S/C21H28F3N3O/c1-3-10-27-11-9-20(8-7-19(27)28)16-26(13-12-25(20)2)15-17-5-4-6-18(14-17)21(22,23)24/h3-6,14H,1,7-13,15-16H2,2H3/t20-/m0/s1. The fraction of sp³-hybridized carbons (Fsp3) is 0.571. The fourth-order valence-corrected chi connectivity index (χ4v) is 4.36. The van der Waals surface area contributed by atoms with Crippen LogP contribution in [0.1, 0.15) is 30.4 Å². The summed E-state index contributed by atoms with van der Waals surface area (Å²) in [6, 6.07) is 5.58. The van der Waals surface area contributed by atoms with Crippen molar-refractivity contribution in [3.8, 4) is 0 Å². The molecule has 1 atom stereocenters. The van der Waals surface area contributed by atoms with Crippen molar-refractivity contribution in [2.24, 2.45) is 0 Å². The Morgan fingerprint density at radius 3 is 2.71 bits per heavy atom. The third-order valence-electron chi connectivity index (χ3n) is 6.09. The van der Waals surface area contributed by atoms with Crippen LogP contribution in [-0.2, 0) is 17.5 Å². The molecular formula is C21H28F3N3O. The van der Waals surface area contributed by atoms with E-state index in [0.29, 0.717) is 31.6 Å². The summed E-state index contributed by atoms with van der Waals surface area (Å²) in [4.78, 5) is 18.8. The lowest BCUT2D eigenvalue weighted by molar-refractivity contribution is -0.137. The summed E-state index contributed by atoms with van der Waals surface area (Å²) in [6.07, 6.45) is -0.442. The van der Waals surface area contributed by atoms with Gasteiger partial charge in [-0.15, -0.1) is 6.58 Å². The first kappa shape index (κ1) is 20.9. The van der Waals surface area contributed by atoms with Crippen molar-refractivity contribution in [2.45, 2.75) is 37.5 Å². The first-order valence-electron chi connectivity index (χ1n) is 9.72. The molecule has 1 aromatic carbocycles. The van der Waals surface area contributed by atoms with Crippen molar-refractivity contribution in [2.75, 3.05) is 39.8 Å². The van der Waals surface area contributed by atoms with E-state index in [4.69, 9.17) is 0 Å². The van der Waals surface area contributed by atoms with Crippen LogP contribution in [0, 0.1) is 0 Å². The molecule has 2 heterocycles. The number of hydrogen-bond donors (Lipinski definition) is 0. The molecule has 0 saturated carbocycles. The molecule has 28 heavy (non-hydrogen) atoms. The quantitative estimate of drug-likeness (QED) is 0.732. The minimum absolute atomic E-state index is 0.120. The molecule has 2 fully saturated rings. The first-order chi connectivity index (χ1) is 13.2. The average Bonchev–Trinajstić information content (AvgIpc) is 2.79. The van der Waals surface area contributed by atoms with E-state index in [1.165, 1.54) is 12.1 Å². The Labute approximate surface area is 164 Å². The zero-order chi connectivity index (χ0) is 20.4. The summed E-state index contributed by atoms with van der Waals surface area (Å²) in [7, 11) is 2.09. The number of rotatable bonds is 4. The molecule has 0 unspecified atom stereocenters. The van der Waals surface area contributed by atoms with Crippen molar-refractivity contribution in [1.29, 1.82) is 0 Å². The maximum absolute atomic E-state index is 13.0. The molecule has 1 spiro atoms. The van der Waals surface area contributed by atoms with Gasteiger partial charge in [0.05, 0.1) is 5.56 Å². The van der Waals surface area contributed by atoms with Gasteiger partial charge >= 0.3 is 6.18 Å². The molecule has 0 aromatic heterocycles. The molecule has 2 aliphatic rings. The Kier molecular flexibility index (Phi) is 6.15. The lowest BCUT2D eigenvalue weighted by Gasteiger charge is -2.49. The van der Waals surface area contributed by atoms with E-state index < -0.39 is 11.7 Å². The lowest BCUT2D eigenvalue weighted by atomic mass is 9.86. The van der Waals surface area contributed by atoms with E-state index in [1.807, 2.05) is 4.90 Å². The normalized spacial score (nSPS) is 25.1. The Bertz CT molecular complexity index is 721. The molecule has 4 nitrogen and oxygen atoms in total. The van der Waals surface area contributed by atoms with Crippen LogP contribution in [0.3, 0.4) is 0 Å². The number of piperazine rings is 1. The summed E-state index contributed by atoms with van der Waals surface area (Å²) in [5.41, 5.74) is -0.0488. The van der Waals surface area contributed by atoms with Crippen LogP contribution >= 0.6 is 0 Å². The molecule has 0 radical (unpaired) electrons. The highest BCUT2D eigenvalue weighted by Gasteiger charge is 2.42. The molecular weight excluding hydrogens is 367 g/mol. The molecule has 0 aliphatic carbocycles. The molecule has 0 bridgehead atoms. The van der Waals surface area contributed by atoms with Crippen molar-refractivity contribution >= 4 is 5.91 Å². The fourth-order valence-electron chi connectivity index (χ4n) is 4.36. The summed E-state index contributed by atoms with van der Waals surface area (Å²) >= 11 is 0. The van der Waals surface area contributed by atoms with Gasteiger partial charge in [0.1, 0.15) is 0 Å². The van der Waals surface area contributed by atoms with Crippen molar-refractivity contribution < 1.29 is 18.0 Å². The molecule has 154 valence electrons. The smallest absolute Gasteiger partial charge is 0.339 e. The zero-order valence-electron chi connectivity index (χ0n) is 16.3. The number of nitrogens with zero attached hydrogens (tertiary/aromatic N) is 3. The molecule has 3 rings (SSSR count). The summed E-state index contributed by atoms with van der Waals surface area (Å²) in [6.45, 7) is 7.87.